The summed E-state index contributed by atoms with van der Waals surface area (Å²) in [5.74, 6) is 1.30. The van der Waals surface area contributed by atoms with Crippen LogP contribution in [0.15, 0.2) is 155 Å². The third-order valence-electron chi connectivity index (χ3n) is 9.10. The Hall–Kier alpha value is -8.47. The van der Waals surface area contributed by atoms with Gasteiger partial charge in [0, 0.05) is 75.9 Å². The smallest absolute Gasteiger partial charge is 0.416 e. The third kappa shape index (κ3) is 11.2. The van der Waals surface area contributed by atoms with E-state index in [2.05, 4.69) is 41.2 Å². The van der Waals surface area contributed by atoms with Crippen LogP contribution in [-0.4, -0.2) is 46.0 Å². The molecule has 0 fully saturated rings. The Morgan fingerprint density at radius 3 is 1.89 bits per heavy atom. The zero-order valence-electron chi connectivity index (χ0n) is 33.7. The maximum atomic E-state index is 12.9. The fraction of sp³-hybridized carbons (Fsp3) is 0.0870. The number of amides is 2. The van der Waals surface area contributed by atoms with Crippen molar-refractivity contribution in [3.8, 4) is 34.1 Å². The topological polar surface area (TPSA) is 179 Å². The van der Waals surface area contributed by atoms with Gasteiger partial charge in [-0.15, -0.1) is 0 Å². The van der Waals surface area contributed by atoms with E-state index in [-0.39, 0.29) is 17.5 Å². The lowest BCUT2D eigenvalue weighted by Gasteiger charge is -2.12. The van der Waals surface area contributed by atoms with Crippen LogP contribution in [0.4, 0.5) is 48.0 Å². The van der Waals surface area contributed by atoms with Crippen LogP contribution in [0.5, 0.6) is 11.5 Å². The Labute approximate surface area is 358 Å². The van der Waals surface area contributed by atoms with E-state index in [1.54, 1.807) is 85.7 Å². The number of nitrogens with zero attached hydrogens (tertiary/aromatic N) is 4. The summed E-state index contributed by atoms with van der Waals surface area (Å²) in [5.41, 5.74) is 4.40. The van der Waals surface area contributed by atoms with Crippen LogP contribution in [0.2, 0.25) is 0 Å². The van der Waals surface area contributed by atoms with E-state index < -0.39 is 17.6 Å². The highest BCUT2D eigenvalue weighted by molar-refractivity contribution is 6.05. The Morgan fingerprint density at radius 1 is 0.587 bits per heavy atom. The SMILES string of the molecule is COc1cc(OC)cc(C(=O)Nc2ccc(C)c(Nc3ncc(-c4ccncc4)o3)c2)c1.O=C(Nc1cccc(Nc2ncc(-c3cccnc3)o2)c1)c1cccc(C(F)(F)F)c1. The lowest BCUT2D eigenvalue weighted by Crippen LogP contribution is -2.14. The molecule has 8 rings (SSSR count). The van der Waals surface area contributed by atoms with Gasteiger partial charge in [-0.05, 0) is 97.4 Å². The molecule has 0 aliphatic heterocycles. The molecule has 0 bridgehead atoms. The summed E-state index contributed by atoms with van der Waals surface area (Å²) in [6.07, 6.45) is 5.36. The first kappa shape index (κ1) is 42.6. The van der Waals surface area contributed by atoms with Gasteiger partial charge < -0.3 is 39.6 Å². The molecule has 2 amide bonds. The Balaban J connectivity index is 0.000000189. The fourth-order valence-corrected chi connectivity index (χ4v) is 5.89. The molecule has 0 atom stereocenters. The lowest BCUT2D eigenvalue weighted by molar-refractivity contribution is -0.137. The third-order valence-corrected chi connectivity index (χ3v) is 9.10. The van der Waals surface area contributed by atoms with Crippen molar-refractivity contribution >= 4 is 46.6 Å². The van der Waals surface area contributed by atoms with E-state index in [0.29, 0.717) is 51.7 Å². The molecule has 0 radical (unpaired) electrons. The molecule has 4 aromatic carbocycles. The molecule has 4 N–H and O–H groups in total. The minimum atomic E-state index is -4.52. The number of carbonyl (C=O) groups excluding carboxylic acids is 2. The number of benzene rings is 4. The molecule has 63 heavy (non-hydrogen) atoms. The summed E-state index contributed by atoms with van der Waals surface area (Å²) in [4.78, 5) is 41.7. The fourth-order valence-electron chi connectivity index (χ4n) is 5.89. The van der Waals surface area contributed by atoms with Gasteiger partial charge in [0.15, 0.2) is 11.5 Å². The second-order valence-electron chi connectivity index (χ2n) is 13.5. The molecule has 14 nitrogen and oxygen atoms in total. The van der Waals surface area contributed by atoms with Gasteiger partial charge in [-0.2, -0.15) is 13.2 Å². The van der Waals surface area contributed by atoms with Crippen LogP contribution in [0, 0.1) is 6.92 Å². The Bertz CT molecular complexity index is 2810. The number of oxazole rings is 2. The number of carbonyl (C=O) groups is 2. The number of nitrogens with one attached hydrogen (secondary N) is 4. The number of ether oxygens (including phenoxy) is 2. The van der Waals surface area contributed by atoms with Gasteiger partial charge in [0.2, 0.25) is 0 Å². The monoisotopic (exact) mass is 854 g/mol. The largest absolute Gasteiger partial charge is 0.497 e. The van der Waals surface area contributed by atoms with Crippen molar-refractivity contribution < 1.29 is 41.1 Å². The normalized spacial score (nSPS) is 10.8. The van der Waals surface area contributed by atoms with Crippen molar-refractivity contribution in [2.75, 3.05) is 35.5 Å². The molecule has 0 spiro atoms. The number of anilines is 6. The molecule has 4 heterocycles. The van der Waals surface area contributed by atoms with Gasteiger partial charge >= 0.3 is 6.18 Å². The highest BCUT2D eigenvalue weighted by atomic mass is 19.4. The predicted molar refractivity (Wildman–Crippen MR) is 231 cm³/mol. The standard InChI is InChI=1S/C24H22N4O4.C22H15F3N4O2/c1-15-4-5-18(27-23(29)17-10-19(30-2)13-20(11-17)31-3)12-21(15)28-24-26-14-22(32-24)16-6-8-25-9-7-16;23-22(24,25)16-6-1-4-14(10-16)20(30)28-17-7-2-8-18(11-17)29-21-27-13-19(31-21)15-5-3-9-26-12-15/h4-14H,1-3H3,(H,26,28)(H,27,29);1-13H,(H,27,29)(H,28,30). The molecule has 0 unspecified atom stereocenters. The van der Waals surface area contributed by atoms with Crippen LogP contribution in [0.25, 0.3) is 22.6 Å². The minimum Gasteiger partial charge on any atom is -0.497 e. The van der Waals surface area contributed by atoms with Crippen LogP contribution < -0.4 is 30.7 Å². The van der Waals surface area contributed by atoms with Gasteiger partial charge in [0.1, 0.15) is 11.5 Å². The molecule has 0 saturated carbocycles. The number of rotatable bonds is 12. The summed E-state index contributed by atoms with van der Waals surface area (Å²) >= 11 is 0. The van der Waals surface area contributed by atoms with Gasteiger partial charge in [-0.3, -0.25) is 19.6 Å². The number of aromatic nitrogens is 4. The maximum Gasteiger partial charge on any atom is 0.416 e. The number of halogens is 3. The maximum absolute atomic E-state index is 12.9. The zero-order chi connectivity index (χ0) is 44.3. The van der Waals surface area contributed by atoms with Crippen LogP contribution >= 0.6 is 0 Å². The molecule has 8 aromatic rings. The average molecular weight is 855 g/mol. The molecular weight excluding hydrogens is 818 g/mol. The quantitative estimate of drug-likeness (QED) is 0.0915. The number of methoxy groups -OCH3 is 2. The molecule has 0 saturated heterocycles. The van der Waals surface area contributed by atoms with Gasteiger partial charge in [-0.25, -0.2) is 9.97 Å². The van der Waals surface area contributed by atoms with Gasteiger partial charge in [-0.1, -0.05) is 18.2 Å². The van der Waals surface area contributed by atoms with Crippen molar-refractivity contribution in [1.82, 2.24) is 19.9 Å². The van der Waals surface area contributed by atoms with Crippen molar-refractivity contribution in [3.05, 3.63) is 169 Å². The van der Waals surface area contributed by atoms with Crippen molar-refractivity contribution in [2.24, 2.45) is 0 Å². The van der Waals surface area contributed by atoms with Crippen molar-refractivity contribution in [3.63, 3.8) is 0 Å². The van der Waals surface area contributed by atoms with Gasteiger partial charge in [0.05, 0.1) is 32.2 Å². The molecule has 0 aliphatic rings. The van der Waals surface area contributed by atoms with E-state index in [1.807, 2.05) is 43.3 Å². The molecule has 4 aromatic heterocycles. The highest BCUT2D eigenvalue weighted by Crippen LogP contribution is 2.31. The second-order valence-corrected chi connectivity index (χ2v) is 13.5. The predicted octanol–water partition coefficient (Wildman–Crippen LogP) is 10.8. The summed E-state index contributed by atoms with van der Waals surface area (Å²) in [5, 5.41) is 11.6. The zero-order valence-corrected chi connectivity index (χ0v) is 33.7. The first-order valence-electron chi connectivity index (χ1n) is 18.9. The molecular formula is C46H37F3N8O6. The molecule has 318 valence electrons. The first-order valence-corrected chi connectivity index (χ1v) is 18.9. The van der Waals surface area contributed by atoms with Crippen LogP contribution in [0.1, 0.15) is 31.8 Å². The Kier molecular flexibility index (Phi) is 13.1. The van der Waals surface area contributed by atoms with Crippen LogP contribution in [0.3, 0.4) is 0 Å². The number of hydrogen-bond donors (Lipinski definition) is 4. The average Bonchev–Trinajstić information content (AvgIpc) is 3.98. The van der Waals surface area contributed by atoms with E-state index in [4.69, 9.17) is 18.3 Å². The number of aryl methyl sites for hydroxylation is 1. The molecule has 0 aliphatic carbocycles. The van der Waals surface area contributed by atoms with Gasteiger partial charge in [0.25, 0.3) is 23.8 Å². The minimum absolute atomic E-state index is 0.0954. The number of hydrogen-bond acceptors (Lipinski definition) is 12. The van der Waals surface area contributed by atoms with E-state index in [1.165, 1.54) is 26.4 Å². The van der Waals surface area contributed by atoms with E-state index in [0.717, 1.165) is 34.5 Å². The second kappa shape index (κ2) is 19.3. The summed E-state index contributed by atoms with van der Waals surface area (Å²) in [7, 11) is 3.08. The summed E-state index contributed by atoms with van der Waals surface area (Å²) in [6.45, 7) is 1.95. The number of pyridine rings is 2. The Morgan fingerprint density at radius 2 is 1.22 bits per heavy atom. The van der Waals surface area contributed by atoms with Crippen LogP contribution in [-0.2, 0) is 6.18 Å². The van der Waals surface area contributed by atoms with E-state index >= 15 is 0 Å². The first-order chi connectivity index (χ1) is 30.4. The number of alkyl halides is 3. The van der Waals surface area contributed by atoms with E-state index in [9.17, 15) is 22.8 Å². The summed E-state index contributed by atoms with van der Waals surface area (Å²) < 4.78 is 60.6. The lowest BCUT2D eigenvalue weighted by atomic mass is 10.1. The highest BCUT2D eigenvalue weighted by Gasteiger charge is 2.31. The van der Waals surface area contributed by atoms with Crippen molar-refractivity contribution in [2.45, 2.75) is 13.1 Å². The molecule has 17 heteroatoms. The summed E-state index contributed by atoms with van der Waals surface area (Å²) in [6, 6.07) is 29.3. The van der Waals surface area contributed by atoms with Crippen molar-refractivity contribution in [1.29, 1.82) is 0 Å².